The number of benzene rings is 1. The van der Waals surface area contributed by atoms with Gasteiger partial charge < -0.3 is 14.8 Å². The molecule has 2 aliphatic rings. The number of fused-ring (bicyclic) bond motifs is 2. The number of likely N-dealkylation sites (tertiary alicyclic amines) is 1. The molecule has 1 N–H and O–H groups in total. The highest BCUT2D eigenvalue weighted by Gasteiger charge is 2.52. The number of rotatable bonds is 8. The number of aryl methyl sites for hydroxylation is 1. The SMILES string of the molecule is CCOC(=O)c1cnn(-c2ccc(CCC(C#N)NC(=O)C3C4CCC(C4)N3C(=O)OC(C)(C)C)c(F)c2)c1. The fourth-order valence-corrected chi connectivity index (χ4v) is 5.29. The van der Waals surface area contributed by atoms with E-state index in [2.05, 4.69) is 16.5 Å². The van der Waals surface area contributed by atoms with Crippen molar-refractivity contribution in [2.45, 2.75) is 83.5 Å². The molecule has 1 aliphatic carbocycles. The fraction of sp³-hybridized carbons (Fsp3) is 0.536. The summed E-state index contributed by atoms with van der Waals surface area (Å²) in [6, 6.07) is 5.06. The van der Waals surface area contributed by atoms with Crippen molar-refractivity contribution in [3.63, 3.8) is 0 Å². The zero-order valence-corrected chi connectivity index (χ0v) is 22.6. The fourth-order valence-electron chi connectivity index (χ4n) is 5.29. The maximum Gasteiger partial charge on any atom is 0.411 e. The van der Waals surface area contributed by atoms with Gasteiger partial charge in [0.15, 0.2) is 0 Å². The number of nitriles is 1. The number of esters is 1. The summed E-state index contributed by atoms with van der Waals surface area (Å²) in [6.07, 6.45) is 5.11. The van der Waals surface area contributed by atoms with Gasteiger partial charge in [-0.3, -0.25) is 9.69 Å². The molecule has 2 amide bonds. The van der Waals surface area contributed by atoms with Gasteiger partial charge in [0.25, 0.3) is 0 Å². The summed E-state index contributed by atoms with van der Waals surface area (Å²) in [5.41, 5.74) is 0.376. The summed E-state index contributed by atoms with van der Waals surface area (Å²) in [6.45, 7) is 7.28. The molecule has 39 heavy (non-hydrogen) atoms. The first-order valence-electron chi connectivity index (χ1n) is 13.2. The van der Waals surface area contributed by atoms with E-state index < -0.39 is 35.6 Å². The van der Waals surface area contributed by atoms with E-state index in [1.165, 1.54) is 28.0 Å². The largest absolute Gasteiger partial charge is 0.462 e. The minimum atomic E-state index is -0.852. The van der Waals surface area contributed by atoms with Gasteiger partial charge in [-0.05, 0) is 83.4 Å². The van der Waals surface area contributed by atoms with Crippen LogP contribution < -0.4 is 5.32 Å². The van der Waals surface area contributed by atoms with Crippen LogP contribution in [0.15, 0.2) is 30.6 Å². The van der Waals surface area contributed by atoms with Gasteiger partial charge >= 0.3 is 12.1 Å². The predicted octanol–water partition coefficient (Wildman–Crippen LogP) is 3.92. The van der Waals surface area contributed by atoms with Gasteiger partial charge in [-0.2, -0.15) is 10.4 Å². The Bertz CT molecular complexity index is 1280. The summed E-state index contributed by atoms with van der Waals surface area (Å²) in [4.78, 5) is 39.5. The summed E-state index contributed by atoms with van der Waals surface area (Å²) in [5.74, 6) is -1.36. The van der Waals surface area contributed by atoms with E-state index in [4.69, 9.17) is 9.47 Å². The first-order chi connectivity index (χ1) is 18.5. The Labute approximate surface area is 227 Å². The molecule has 1 aromatic heterocycles. The van der Waals surface area contributed by atoms with Gasteiger partial charge in [0, 0.05) is 12.2 Å². The molecule has 11 heteroatoms. The van der Waals surface area contributed by atoms with E-state index in [1.54, 1.807) is 39.8 Å². The van der Waals surface area contributed by atoms with Gasteiger partial charge in [0.2, 0.25) is 5.91 Å². The second-order valence-electron chi connectivity index (χ2n) is 11.0. The number of hydrogen-bond acceptors (Lipinski definition) is 7. The smallest absolute Gasteiger partial charge is 0.411 e. The zero-order valence-electron chi connectivity index (χ0n) is 22.6. The Balaban J connectivity index is 1.38. The van der Waals surface area contributed by atoms with Crippen LogP contribution >= 0.6 is 0 Å². The molecule has 10 nitrogen and oxygen atoms in total. The quantitative estimate of drug-likeness (QED) is 0.504. The van der Waals surface area contributed by atoms with E-state index >= 15 is 0 Å². The monoisotopic (exact) mass is 539 g/mol. The molecule has 2 heterocycles. The highest BCUT2D eigenvalue weighted by Crippen LogP contribution is 2.43. The maximum atomic E-state index is 14.9. The van der Waals surface area contributed by atoms with E-state index in [0.717, 1.165) is 19.3 Å². The highest BCUT2D eigenvalue weighted by atomic mass is 19.1. The number of amides is 2. The molecule has 1 saturated heterocycles. The Hall–Kier alpha value is -3.94. The average Bonchev–Trinajstić information content (AvgIpc) is 3.62. The van der Waals surface area contributed by atoms with Crippen LogP contribution in [0.1, 0.15) is 69.3 Å². The summed E-state index contributed by atoms with van der Waals surface area (Å²) >= 11 is 0. The lowest BCUT2D eigenvalue weighted by atomic mass is 9.97. The summed E-state index contributed by atoms with van der Waals surface area (Å²) in [7, 11) is 0. The van der Waals surface area contributed by atoms with Gasteiger partial charge in [-0.25, -0.2) is 18.7 Å². The lowest BCUT2D eigenvalue weighted by Crippen LogP contribution is -2.55. The van der Waals surface area contributed by atoms with Crippen molar-refractivity contribution < 1.29 is 28.2 Å². The Morgan fingerprint density at radius 3 is 2.72 bits per heavy atom. The second kappa shape index (κ2) is 11.4. The van der Waals surface area contributed by atoms with Gasteiger partial charge in [0.1, 0.15) is 23.5 Å². The number of nitrogens with zero attached hydrogens (tertiary/aromatic N) is 4. The molecule has 2 bridgehead atoms. The van der Waals surface area contributed by atoms with Crippen LogP contribution in [0.5, 0.6) is 0 Å². The normalized spacial score (nSPS) is 20.8. The molecule has 1 saturated carbocycles. The average molecular weight is 540 g/mol. The van der Waals surface area contributed by atoms with Crippen LogP contribution in [0.25, 0.3) is 5.69 Å². The summed E-state index contributed by atoms with van der Waals surface area (Å²) in [5, 5.41) is 16.5. The third-order valence-corrected chi connectivity index (χ3v) is 7.03. The molecule has 1 aromatic carbocycles. The van der Waals surface area contributed by atoms with Gasteiger partial charge in [0.05, 0.1) is 30.1 Å². The number of carbonyl (C=O) groups excluding carboxylic acids is 3. The number of nitrogens with one attached hydrogen (secondary N) is 1. The molecule has 0 spiro atoms. The number of carbonyl (C=O) groups is 3. The molecule has 1 aliphatic heterocycles. The minimum Gasteiger partial charge on any atom is -0.462 e. The number of aromatic nitrogens is 2. The molecule has 2 fully saturated rings. The highest BCUT2D eigenvalue weighted by molar-refractivity contribution is 5.89. The first kappa shape index (κ1) is 28.1. The third-order valence-electron chi connectivity index (χ3n) is 7.03. The molecule has 2 aromatic rings. The van der Waals surface area contributed by atoms with Crippen LogP contribution in [0, 0.1) is 23.1 Å². The van der Waals surface area contributed by atoms with Crippen molar-refractivity contribution in [2.24, 2.45) is 5.92 Å². The lowest BCUT2D eigenvalue weighted by molar-refractivity contribution is -0.128. The standard InChI is InChI=1S/C28H34FN5O5/c1-5-38-26(36)19-15-31-33(16-19)21-10-7-17(23(29)13-21)6-9-20(14-30)32-25(35)24-18-8-11-22(12-18)34(24)27(37)39-28(2,3)4/h7,10,13,15-16,18,20,22,24H,5-6,8-9,11-12H2,1-4H3,(H,32,35). The number of hydrogen-bond donors (Lipinski definition) is 1. The molecule has 4 unspecified atom stereocenters. The Kier molecular flexibility index (Phi) is 8.23. The van der Waals surface area contributed by atoms with Crippen molar-refractivity contribution in [1.82, 2.24) is 20.0 Å². The van der Waals surface area contributed by atoms with Crippen molar-refractivity contribution in [2.75, 3.05) is 6.61 Å². The number of piperidine rings is 1. The number of halogens is 1. The summed E-state index contributed by atoms with van der Waals surface area (Å²) < 4.78 is 26.8. The number of ether oxygens (including phenoxy) is 2. The van der Waals surface area contributed by atoms with E-state index in [1.807, 2.05) is 0 Å². The van der Waals surface area contributed by atoms with Crippen molar-refractivity contribution in [3.8, 4) is 11.8 Å². The van der Waals surface area contributed by atoms with Crippen molar-refractivity contribution in [1.29, 1.82) is 5.26 Å². The van der Waals surface area contributed by atoms with Crippen molar-refractivity contribution in [3.05, 3.63) is 47.5 Å². The lowest BCUT2D eigenvalue weighted by Gasteiger charge is -2.35. The van der Waals surface area contributed by atoms with E-state index in [-0.39, 0.29) is 42.9 Å². The molecule has 0 radical (unpaired) electrons. The molecule has 208 valence electrons. The minimum absolute atomic E-state index is 0.0264. The van der Waals surface area contributed by atoms with E-state index in [9.17, 15) is 24.0 Å². The Morgan fingerprint density at radius 1 is 1.28 bits per heavy atom. The van der Waals surface area contributed by atoms with Crippen LogP contribution in [-0.2, 0) is 20.7 Å². The second-order valence-corrected chi connectivity index (χ2v) is 11.0. The topological polar surface area (TPSA) is 127 Å². The predicted molar refractivity (Wildman–Crippen MR) is 138 cm³/mol. The van der Waals surface area contributed by atoms with Crippen LogP contribution in [0.4, 0.5) is 9.18 Å². The third kappa shape index (κ3) is 6.38. The first-order valence-corrected chi connectivity index (χ1v) is 13.2. The molecule has 4 atom stereocenters. The molecular formula is C28H34FN5O5. The van der Waals surface area contributed by atoms with Gasteiger partial charge in [-0.15, -0.1) is 0 Å². The van der Waals surface area contributed by atoms with Crippen LogP contribution in [-0.4, -0.2) is 63.0 Å². The van der Waals surface area contributed by atoms with Gasteiger partial charge in [-0.1, -0.05) is 6.07 Å². The van der Waals surface area contributed by atoms with Crippen LogP contribution in [0.2, 0.25) is 0 Å². The van der Waals surface area contributed by atoms with Crippen molar-refractivity contribution >= 4 is 18.0 Å². The Morgan fingerprint density at radius 2 is 2.05 bits per heavy atom. The molecular weight excluding hydrogens is 505 g/mol. The van der Waals surface area contributed by atoms with E-state index in [0.29, 0.717) is 11.3 Å². The zero-order chi connectivity index (χ0) is 28.3. The van der Waals surface area contributed by atoms with Crippen LogP contribution in [0.3, 0.4) is 0 Å². The molecule has 4 rings (SSSR count). The maximum absolute atomic E-state index is 14.9.